The van der Waals surface area contributed by atoms with Crippen molar-refractivity contribution in [2.45, 2.75) is 50.9 Å². The van der Waals surface area contributed by atoms with Crippen molar-refractivity contribution in [3.63, 3.8) is 0 Å². The first-order valence-electron chi connectivity index (χ1n) is 10.6. The molecule has 1 saturated heterocycles. The Morgan fingerprint density at radius 2 is 1.88 bits per heavy atom. The van der Waals surface area contributed by atoms with Crippen molar-refractivity contribution in [1.29, 1.82) is 0 Å². The number of nitrogens with one attached hydrogen (secondary N) is 1. The number of hydrogen-bond donors (Lipinski definition) is 3. The third-order valence-electron chi connectivity index (χ3n) is 4.86. The van der Waals surface area contributed by atoms with Gasteiger partial charge in [-0.3, -0.25) is 4.72 Å². The van der Waals surface area contributed by atoms with E-state index in [0.29, 0.717) is 18.5 Å². The van der Waals surface area contributed by atoms with Crippen molar-refractivity contribution in [2.24, 2.45) is 0 Å². The molecule has 9 nitrogen and oxygen atoms in total. The molecule has 3 N–H and O–H groups in total. The van der Waals surface area contributed by atoms with Crippen molar-refractivity contribution in [2.75, 3.05) is 17.8 Å². The lowest BCUT2D eigenvalue weighted by molar-refractivity contribution is -0.0424. The Balaban J connectivity index is 1.75. The molecular formula is C23H30N2O7S. The monoisotopic (exact) mass is 478 g/mol. The summed E-state index contributed by atoms with van der Waals surface area (Å²) in [7, 11) is -3.81. The van der Waals surface area contributed by atoms with Gasteiger partial charge in [0.2, 0.25) is 10.0 Å². The summed E-state index contributed by atoms with van der Waals surface area (Å²) >= 11 is 0. The Morgan fingerprint density at radius 3 is 2.52 bits per heavy atom. The number of carbonyl (C=O) groups excluding carboxylic acids is 1. The van der Waals surface area contributed by atoms with Crippen LogP contribution >= 0.6 is 0 Å². The van der Waals surface area contributed by atoms with Gasteiger partial charge in [-0.2, -0.15) is 0 Å². The van der Waals surface area contributed by atoms with Crippen molar-refractivity contribution in [1.82, 2.24) is 4.90 Å². The molecule has 0 bridgehead atoms. The Kier molecular flexibility index (Phi) is 7.51. The van der Waals surface area contributed by atoms with Gasteiger partial charge in [0, 0.05) is 18.5 Å². The highest BCUT2D eigenvalue weighted by Gasteiger charge is 2.31. The zero-order chi connectivity index (χ0) is 24.2. The zero-order valence-electron chi connectivity index (χ0n) is 18.9. The molecule has 180 valence electrons. The van der Waals surface area contributed by atoms with Gasteiger partial charge in [-0.15, -0.1) is 0 Å². The summed E-state index contributed by atoms with van der Waals surface area (Å²) in [6.07, 6.45) is -2.04. The highest BCUT2D eigenvalue weighted by Crippen LogP contribution is 2.31. The predicted molar refractivity (Wildman–Crippen MR) is 123 cm³/mol. The molecule has 1 amide bonds. The number of aliphatic hydroxyl groups is 2. The van der Waals surface area contributed by atoms with E-state index in [9.17, 15) is 23.4 Å². The van der Waals surface area contributed by atoms with Gasteiger partial charge in [0.05, 0.1) is 18.0 Å². The highest BCUT2D eigenvalue weighted by atomic mass is 32.2. The van der Waals surface area contributed by atoms with Crippen LogP contribution in [0.4, 0.5) is 10.5 Å². The molecule has 0 saturated carbocycles. The first-order valence-corrected chi connectivity index (χ1v) is 12.3. The molecule has 10 heteroatoms. The quantitative estimate of drug-likeness (QED) is 0.522. The number of rotatable bonds is 7. The topological polar surface area (TPSA) is 125 Å². The van der Waals surface area contributed by atoms with E-state index in [4.69, 9.17) is 9.47 Å². The fourth-order valence-corrected chi connectivity index (χ4v) is 4.58. The lowest BCUT2D eigenvalue weighted by Gasteiger charge is -2.24. The van der Waals surface area contributed by atoms with Crippen LogP contribution in [0, 0.1) is 0 Å². The number of amides is 1. The first kappa shape index (κ1) is 24.8. The van der Waals surface area contributed by atoms with Crippen molar-refractivity contribution >= 4 is 21.8 Å². The third-order valence-corrected chi connectivity index (χ3v) is 6.10. The number of hydrogen-bond acceptors (Lipinski definition) is 7. The normalized spacial score (nSPS) is 16.7. The van der Waals surface area contributed by atoms with Gasteiger partial charge >= 0.3 is 6.09 Å². The Hall–Kier alpha value is -2.82. The van der Waals surface area contributed by atoms with Gasteiger partial charge < -0.3 is 24.6 Å². The second-order valence-corrected chi connectivity index (χ2v) is 10.7. The van der Waals surface area contributed by atoms with E-state index in [0.717, 1.165) is 0 Å². The van der Waals surface area contributed by atoms with Crippen LogP contribution < -0.4 is 9.46 Å². The second-order valence-electron chi connectivity index (χ2n) is 8.93. The summed E-state index contributed by atoms with van der Waals surface area (Å²) < 4.78 is 39.4. The summed E-state index contributed by atoms with van der Waals surface area (Å²) in [5, 5.41) is 19.0. The summed E-state index contributed by atoms with van der Waals surface area (Å²) in [6.45, 7) is 6.11. The van der Waals surface area contributed by atoms with Crippen LogP contribution in [0.3, 0.4) is 0 Å². The van der Waals surface area contributed by atoms with Crippen LogP contribution in [0.2, 0.25) is 0 Å². The van der Waals surface area contributed by atoms with Gasteiger partial charge in [0.25, 0.3) is 0 Å². The second kappa shape index (κ2) is 9.98. The maximum absolute atomic E-state index is 12.8. The molecule has 0 aromatic heterocycles. The van der Waals surface area contributed by atoms with Crippen LogP contribution in [0.5, 0.6) is 5.75 Å². The molecule has 0 aliphatic carbocycles. The number of aliphatic hydroxyl groups excluding tert-OH is 1. The number of sulfonamides is 1. The van der Waals surface area contributed by atoms with Gasteiger partial charge in [-0.1, -0.05) is 36.4 Å². The SMILES string of the molecule is CC(C)(C)OC(=O)N1CC[C@@H](Oc2ccc(C(O)O)cc2NS(=O)(=O)Cc2ccccc2)C1. The van der Waals surface area contributed by atoms with E-state index in [1.165, 1.54) is 18.2 Å². The van der Waals surface area contributed by atoms with Crippen LogP contribution in [-0.4, -0.2) is 54.4 Å². The number of ether oxygens (including phenoxy) is 2. The van der Waals surface area contributed by atoms with E-state index in [2.05, 4.69) is 4.72 Å². The fourth-order valence-electron chi connectivity index (χ4n) is 3.38. The number of benzene rings is 2. The fraction of sp³-hybridized carbons (Fsp3) is 0.435. The maximum atomic E-state index is 12.8. The van der Waals surface area contributed by atoms with E-state index in [1.807, 2.05) is 0 Å². The number of likely N-dealkylation sites (tertiary alicyclic amines) is 1. The van der Waals surface area contributed by atoms with E-state index >= 15 is 0 Å². The standard InChI is InChI=1S/C23H30N2O7S/c1-23(2,3)32-22(28)25-12-11-18(14-25)31-20-10-9-17(21(26)27)13-19(20)24-33(29,30)15-16-7-5-4-6-8-16/h4-10,13,18,21,24,26-27H,11-12,14-15H2,1-3H3/t18-/m1/s1. The van der Waals surface area contributed by atoms with Crippen LogP contribution in [-0.2, 0) is 20.5 Å². The minimum absolute atomic E-state index is 0.0900. The minimum Gasteiger partial charge on any atom is -0.486 e. The Morgan fingerprint density at radius 1 is 1.18 bits per heavy atom. The number of anilines is 1. The summed E-state index contributed by atoms with van der Waals surface area (Å²) in [4.78, 5) is 13.9. The molecule has 33 heavy (non-hydrogen) atoms. The Bertz CT molecular complexity index is 1070. The average Bonchev–Trinajstić information content (AvgIpc) is 3.17. The van der Waals surface area contributed by atoms with Crippen molar-refractivity contribution < 1.29 is 32.9 Å². The van der Waals surface area contributed by atoms with Crippen molar-refractivity contribution in [3.8, 4) is 5.75 Å². The molecule has 2 aromatic rings. The molecule has 1 heterocycles. The minimum atomic E-state index is -3.81. The predicted octanol–water partition coefficient (Wildman–Crippen LogP) is 3.00. The zero-order valence-corrected chi connectivity index (χ0v) is 19.7. The third kappa shape index (κ3) is 7.34. The van der Waals surface area contributed by atoms with Gasteiger partial charge in [0.1, 0.15) is 17.5 Å². The average molecular weight is 479 g/mol. The molecule has 1 fully saturated rings. The van der Waals surface area contributed by atoms with Crippen LogP contribution in [0.15, 0.2) is 48.5 Å². The molecule has 2 aromatic carbocycles. The van der Waals surface area contributed by atoms with Crippen LogP contribution in [0.25, 0.3) is 0 Å². The van der Waals surface area contributed by atoms with Crippen molar-refractivity contribution in [3.05, 3.63) is 59.7 Å². The molecular weight excluding hydrogens is 448 g/mol. The first-order chi connectivity index (χ1) is 15.4. The van der Waals surface area contributed by atoms with E-state index < -0.39 is 28.0 Å². The summed E-state index contributed by atoms with van der Waals surface area (Å²) in [5.41, 5.74) is 0.199. The molecule has 1 atom stereocenters. The molecule has 0 radical (unpaired) electrons. The highest BCUT2D eigenvalue weighted by molar-refractivity contribution is 7.91. The Labute approximate surface area is 194 Å². The van der Waals surface area contributed by atoms with E-state index in [1.54, 1.807) is 56.0 Å². The number of nitrogens with zero attached hydrogens (tertiary/aromatic N) is 1. The molecule has 3 rings (SSSR count). The van der Waals surface area contributed by atoms with Crippen LogP contribution in [0.1, 0.15) is 44.6 Å². The van der Waals surface area contributed by atoms with E-state index in [-0.39, 0.29) is 35.4 Å². The largest absolute Gasteiger partial charge is 0.486 e. The van der Waals surface area contributed by atoms with Gasteiger partial charge in [-0.05, 0) is 38.5 Å². The summed E-state index contributed by atoms with van der Waals surface area (Å²) in [5.74, 6) is -0.0262. The lowest BCUT2D eigenvalue weighted by Crippen LogP contribution is -2.36. The van der Waals surface area contributed by atoms with Gasteiger partial charge in [0.15, 0.2) is 6.29 Å². The summed E-state index contributed by atoms with van der Waals surface area (Å²) in [6, 6.07) is 12.9. The molecule has 0 spiro atoms. The number of carbonyl (C=O) groups is 1. The maximum Gasteiger partial charge on any atom is 0.410 e. The molecule has 1 aliphatic heterocycles. The molecule has 1 aliphatic rings. The van der Waals surface area contributed by atoms with Gasteiger partial charge in [-0.25, -0.2) is 13.2 Å². The molecule has 0 unspecified atom stereocenters. The lowest BCUT2D eigenvalue weighted by atomic mass is 10.2. The smallest absolute Gasteiger partial charge is 0.410 e.